The second kappa shape index (κ2) is 8.47. The Morgan fingerprint density at radius 1 is 1.16 bits per heavy atom. The highest BCUT2D eigenvalue weighted by molar-refractivity contribution is 14.1. The van der Waals surface area contributed by atoms with Crippen LogP contribution in [0, 0.1) is 3.57 Å². The zero-order chi connectivity index (χ0) is 18.4. The lowest BCUT2D eigenvalue weighted by atomic mass is 10.2. The standard InChI is InChI=1S/C17H16IN3O4/c1-10(7-16(24)19-12-4-2-3-11(18)8-12)20-21-17(25)14-6-5-13(22)9-15(14)23/h2-6,8-9,22-23H,7H2,1H3,(H,19,24)(H,21,25)/b20-10+. The average molecular weight is 453 g/mol. The zero-order valence-electron chi connectivity index (χ0n) is 13.3. The summed E-state index contributed by atoms with van der Waals surface area (Å²) in [6.45, 7) is 1.60. The molecule has 25 heavy (non-hydrogen) atoms. The van der Waals surface area contributed by atoms with E-state index >= 15 is 0 Å². The van der Waals surface area contributed by atoms with Gasteiger partial charge in [-0.3, -0.25) is 9.59 Å². The minimum Gasteiger partial charge on any atom is -0.508 e. The van der Waals surface area contributed by atoms with E-state index in [-0.39, 0.29) is 29.4 Å². The van der Waals surface area contributed by atoms with Crippen molar-refractivity contribution >= 4 is 45.8 Å². The number of hydrogen-bond acceptors (Lipinski definition) is 5. The minimum atomic E-state index is -0.644. The molecule has 0 unspecified atom stereocenters. The van der Waals surface area contributed by atoms with Crippen LogP contribution in [0.15, 0.2) is 47.6 Å². The number of halogens is 1. The Labute approximate surface area is 157 Å². The molecule has 0 heterocycles. The summed E-state index contributed by atoms with van der Waals surface area (Å²) in [6.07, 6.45) is 0.00726. The zero-order valence-corrected chi connectivity index (χ0v) is 15.4. The first-order valence-electron chi connectivity index (χ1n) is 7.26. The van der Waals surface area contributed by atoms with Gasteiger partial charge in [0.1, 0.15) is 11.5 Å². The fourth-order valence-electron chi connectivity index (χ4n) is 1.96. The summed E-state index contributed by atoms with van der Waals surface area (Å²) in [4.78, 5) is 23.9. The van der Waals surface area contributed by atoms with E-state index in [0.717, 1.165) is 9.64 Å². The first-order chi connectivity index (χ1) is 11.8. The largest absolute Gasteiger partial charge is 0.508 e. The van der Waals surface area contributed by atoms with Crippen molar-refractivity contribution in [2.75, 3.05) is 5.32 Å². The average Bonchev–Trinajstić information content (AvgIpc) is 2.52. The van der Waals surface area contributed by atoms with E-state index in [4.69, 9.17) is 0 Å². The third-order valence-corrected chi connectivity index (χ3v) is 3.77. The number of amides is 2. The second-order valence-electron chi connectivity index (χ2n) is 5.22. The highest BCUT2D eigenvalue weighted by Gasteiger charge is 2.11. The van der Waals surface area contributed by atoms with Gasteiger partial charge in [0, 0.05) is 21.0 Å². The van der Waals surface area contributed by atoms with E-state index in [1.807, 2.05) is 18.2 Å². The van der Waals surface area contributed by atoms with Gasteiger partial charge in [-0.25, -0.2) is 5.43 Å². The molecule has 2 aromatic carbocycles. The van der Waals surface area contributed by atoms with Gasteiger partial charge >= 0.3 is 0 Å². The first-order valence-corrected chi connectivity index (χ1v) is 8.34. The number of rotatable bonds is 5. The van der Waals surface area contributed by atoms with Gasteiger partial charge in [-0.1, -0.05) is 6.07 Å². The van der Waals surface area contributed by atoms with Gasteiger partial charge in [-0.15, -0.1) is 0 Å². The molecule has 2 amide bonds. The third-order valence-electron chi connectivity index (χ3n) is 3.10. The van der Waals surface area contributed by atoms with Crippen molar-refractivity contribution in [2.24, 2.45) is 5.10 Å². The molecule has 0 aliphatic carbocycles. The number of phenols is 2. The smallest absolute Gasteiger partial charge is 0.275 e. The van der Waals surface area contributed by atoms with Crippen LogP contribution < -0.4 is 10.7 Å². The Morgan fingerprint density at radius 2 is 1.92 bits per heavy atom. The highest BCUT2D eigenvalue weighted by Crippen LogP contribution is 2.22. The molecular formula is C17H16IN3O4. The quantitative estimate of drug-likeness (QED) is 0.317. The molecule has 0 spiro atoms. The number of anilines is 1. The summed E-state index contributed by atoms with van der Waals surface area (Å²) in [7, 11) is 0. The maximum Gasteiger partial charge on any atom is 0.275 e. The molecule has 2 aromatic rings. The van der Waals surface area contributed by atoms with Crippen LogP contribution in [0.1, 0.15) is 23.7 Å². The maximum atomic E-state index is 12.0. The van der Waals surface area contributed by atoms with E-state index in [1.54, 1.807) is 13.0 Å². The molecule has 0 atom stereocenters. The van der Waals surface area contributed by atoms with Gasteiger partial charge in [0.15, 0.2) is 0 Å². The van der Waals surface area contributed by atoms with Crippen LogP contribution in [0.3, 0.4) is 0 Å². The lowest BCUT2D eigenvalue weighted by molar-refractivity contribution is -0.115. The number of phenolic OH excluding ortho intramolecular Hbond substituents is 2. The summed E-state index contributed by atoms with van der Waals surface area (Å²) in [5.74, 6) is -1.41. The fourth-order valence-corrected chi connectivity index (χ4v) is 2.50. The molecule has 130 valence electrons. The molecule has 0 saturated heterocycles. The van der Waals surface area contributed by atoms with Crippen molar-refractivity contribution in [2.45, 2.75) is 13.3 Å². The van der Waals surface area contributed by atoms with Crippen LogP contribution in [0.2, 0.25) is 0 Å². The Hall–Kier alpha value is -2.62. The van der Waals surface area contributed by atoms with Gasteiger partial charge < -0.3 is 15.5 Å². The number of benzene rings is 2. The topological polar surface area (TPSA) is 111 Å². The van der Waals surface area contributed by atoms with Crippen molar-refractivity contribution in [3.63, 3.8) is 0 Å². The van der Waals surface area contributed by atoms with Crippen molar-refractivity contribution in [3.8, 4) is 11.5 Å². The lowest BCUT2D eigenvalue weighted by Crippen LogP contribution is -2.21. The Bertz CT molecular complexity index is 836. The van der Waals surface area contributed by atoms with Crippen LogP contribution in [-0.4, -0.2) is 27.7 Å². The second-order valence-corrected chi connectivity index (χ2v) is 6.47. The molecule has 0 bridgehead atoms. The van der Waals surface area contributed by atoms with E-state index < -0.39 is 5.91 Å². The molecule has 0 aliphatic heterocycles. The van der Waals surface area contributed by atoms with E-state index in [1.165, 1.54) is 12.1 Å². The molecular weight excluding hydrogens is 437 g/mol. The predicted molar refractivity (Wildman–Crippen MR) is 103 cm³/mol. The van der Waals surface area contributed by atoms with Crippen LogP contribution in [0.25, 0.3) is 0 Å². The lowest BCUT2D eigenvalue weighted by Gasteiger charge is -2.06. The van der Waals surface area contributed by atoms with Gasteiger partial charge in [-0.2, -0.15) is 5.10 Å². The van der Waals surface area contributed by atoms with Crippen LogP contribution >= 0.6 is 22.6 Å². The molecule has 8 heteroatoms. The van der Waals surface area contributed by atoms with Crippen molar-refractivity contribution in [1.29, 1.82) is 0 Å². The Balaban J connectivity index is 1.92. The normalized spacial score (nSPS) is 11.0. The van der Waals surface area contributed by atoms with Crippen LogP contribution in [-0.2, 0) is 4.79 Å². The van der Waals surface area contributed by atoms with Gasteiger partial charge in [-0.05, 0) is 59.8 Å². The van der Waals surface area contributed by atoms with Crippen molar-refractivity contribution < 1.29 is 19.8 Å². The number of carbonyl (C=O) groups excluding carboxylic acids is 2. The number of aromatic hydroxyl groups is 2. The summed E-state index contributed by atoms with van der Waals surface area (Å²) in [5, 5.41) is 25.4. The summed E-state index contributed by atoms with van der Waals surface area (Å²) in [6, 6.07) is 11.0. The van der Waals surface area contributed by atoms with Crippen LogP contribution in [0.4, 0.5) is 5.69 Å². The van der Waals surface area contributed by atoms with Gasteiger partial charge in [0.2, 0.25) is 5.91 Å². The molecule has 0 radical (unpaired) electrons. The number of nitrogens with one attached hydrogen (secondary N) is 2. The molecule has 7 nitrogen and oxygen atoms in total. The summed E-state index contributed by atoms with van der Waals surface area (Å²) in [5.41, 5.74) is 3.31. The monoisotopic (exact) mass is 453 g/mol. The Morgan fingerprint density at radius 3 is 2.60 bits per heavy atom. The minimum absolute atomic E-state index is 0.00726. The SMILES string of the molecule is C/C(CC(=O)Nc1cccc(I)c1)=N\NC(=O)c1ccc(O)cc1O. The fraction of sp³-hybridized carbons (Fsp3) is 0.118. The number of nitrogens with zero attached hydrogens (tertiary/aromatic N) is 1. The number of hydrazone groups is 1. The van der Waals surface area contributed by atoms with E-state index in [2.05, 4.69) is 38.4 Å². The van der Waals surface area contributed by atoms with Gasteiger partial charge in [0.25, 0.3) is 5.91 Å². The first kappa shape index (κ1) is 18.7. The predicted octanol–water partition coefficient (Wildman–Crippen LogP) is 2.84. The molecule has 2 rings (SSSR count). The third kappa shape index (κ3) is 5.75. The number of hydrogen-bond donors (Lipinski definition) is 4. The van der Waals surface area contributed by atoms with Gasteiger partial charge in [0.05, 0.1) is 12.0 Å². The molecule has 0 fully saturated rings. The maximum absolute atomic E-state index is 12.0. The molecule has 0 aliphatic rings. The number of carbonyl (C=O) groups is 2. The molecule has 4 N–H and O–H groups in total. The van der Waals surface area contributed by atoms with Crippen LogP contribution in [0.5, 0.6) is 11.5 Å². The molecule has 0 aromatic heterocycles. The van der Waals surface area contributed by atoms with Crippen molar-refractivity contribution in [3.05, 3.63) is 51.6 Å². The summed E-state index contributed by atoms with van der Waals surface area (Å²) >= 11 is 2.15. The summed E-state index contributed by atoms with van der Waals surface area (Å²) < 4.78 is 1.00. The molecule has 0 saturated carbocycles. The Kier molecular flexibility index (Phi) is 6.34. The van der Waals surface area contributed by atoms with E-state index in [0.29, 0.717) is 11.4 Å². The van der Waals surface area contributed by atoms with Crippen molar-refractivity contribution in [1.82, 2.24) is 5.43 Å². The highest BCUT2D eigenvalue weighted by atomic mass is 127. The van der Waals surface area contributed by atoms with E-state index in [9.17, 15) is 19.8 Å².